The van der Waals surface area contributed by atoms with Crippen LogP contribution in [0.25, 0.3) is 0 Å². The Balaban J connectivity index is 2.34. The highest BCUT2D eigenvalue weighted by atomic mass is 79.9. The van der Waals surface area contributed by atoms with Gasteiger partial charge in [-0.3, -0.25) is 9.48 Å². The summed E-state index contributed by atoms with van der Waals surface area (Å²) >= 11 is 3.27. The van der Waals surface area contributed by atoms with Crippen molar-refractivity contribution in [3.8, 4) is 0 Å². The van der Waals surface area contributed by atoms with Crippen molar-refractivity contribution in [2.75, 3.05) is 5.32 Å². The minimum absolute atomic E-state index is 0.159. The second-order valence-electron chi connectivity index (χ2n) is 3.49. The molecule has 0 aliphatic heterocycles. The Hall–Kier alpha value is -1.63. The van der Waals surface area contributed by atoms with Gasteiger partial charge in [0.1, 0.15) is 4.47 Å². The highest BCUT2D eigenvalue weighted by Crippen LogP contribution is 2.20. The topological polar surface area (TPSA) is 64.7 Å². The van der Waals surface area contributed by atoms with Gasteiger partial charge in [-0.05, 0) is 22.9 Å². The van der Waals surface area contributed by atoms with Crippen LogP contribution in [0.1, 0.15) is 6.92 Å². The van der Waals surface area contributed by atoms with E-state index in [1.807, 2.05) is 26.2 Å². The van der Waals surface area contributed by atoms with Crippen molar-refractivity contribution in [3.63, 3.8) is 0 Å². The summed E-state index contributed by atoms with van der Waals surface area (Å²) in [7, 11) is 1.83. The van der Waals surface area contributed by atoms with Crippen molar-refractivity contribution in [2.45, 2.75) is 13.5 Å². The number of rotatable bonds is 3. The van der Waals surface area contributed by atoms with Gasteiger partial charge in [0.2, 0.25) is 0 Å². The van der Waals surface area contributed by atoms with Crippen molar-refractivity contribution in [1.29, 1.82) is 0 Å². The lowest BCUT2D eigenvalue weighted by molar-refractivity contribution is 0.613. The molecular weight excluding hydrogens is 286 g/mol. The Morgan fingerprint density at radius 3 is 2.88 bits per heavy atom. The summed E-state index contributed by atoms with van der Waals surface area (Å²) in [6, 6.07) is 1.82. The van der Waals surface area contributed by atoms with Crippen LogP contribution in [0.2, 0.25) is 0 Å². The molecule has 0 aliphatic rings. The maximum absolute atomic E-state index is 11.8. The van der Waals surface area contributed by atoms with Gasteiger partial charge in [-0.15, -0.1) is 0 Å². The predicted molar refractivity (Wildman–Crippen MR) is 68.4 cm³/mol. The molecule has 7 heteroatoms. The first-order valence-electron chi connectivity index (χ1n) is 5.14. The maximum atomic E-state index is 11.8. The van der Waals surface area contributed by atoms with E-state index in [1.54, 1.807) is 10.9 Å². The van der Waals surface area contributed by atoms with Crippen molar-refractivity contribution in [1.82, 2.24) is 19.6 Å². The number of nitrogens with zero attached hydrogens (tertiary/aromatic N) is 4. The lowest BCUT2D eigenvalue weighted by atomic mass is 10.4. The van der Waals surface area contributed by atoms with Crippen molar-refractivity contribution >= 4 is 27.4 Å². The maximum Gasteiger partial charge on any atom is 0.283 e. The molecule has 2 aromatic heterocycles. The number of hydrogen-bond donors (Lipinski definition) is 1. The molecule has 0 fully saturated rings. The molecule has 2 heterocycles. The zero-order chi connectivity index (χ0) is 12.4. The largest absolute Gasteiger partial charge is 0.336 e. The second kappa shape index (κ2) is 4.70. The van der Waals surface area contributed by atoms with Crippen molar-refractivity contribution in [2.24, 2.45) is 7.05 Å². The number of aromatic nitrogens is 4. The van der Waals surface area contributed by atoms with E-state index >= 15 is 0 Å². The molecule has 0 atom stereocenters. The van der Waals surface area contributed by atoms with Crippen LogP contribution in [0.5, 0.6) is 0 Å². The van der Waals surface area contributed by atoms with Gasteiger partial charge in [0, 0.05) is 25.9 Å². The van der Waals surface area contributed by atoms with Gasteiger partial charge in [0.05, 0.1) is 11.9 Å². The Kier molecular flexibility index (Phi) is 3.28. The van der Waals surface area contributed by atoms with Gasteiger partial charge >= 0.3 is 0 Å². The van der Waals surface area contributed by atoms with E-state index in [-0.39, 0.29) is 5.56 Å². The molecule has 0 unspecified atom stereocenters. The lowest BCUT2D eigenvalue weighted by Gasteiger charge is -2.07. The first kappa shape index (κ1) is 11.8. The first-order valence-corrected chi connectivity index (χ1v) is 5.93. The summed E-state index contributed by atoms with van der Waals surface area (Å²) in [5, 5.41) is 11.2. The van der Waals surface area contributed by atoms with E-state index in [0.29, 0.717) is 22.5 Å². The molecule has 1 N–H and O–H groups in total. The van der Waals surface area contributed by atoms with Crippen LogP contribution in [0.4, 0.5) is 11.5 Å². The van der Waals surface area contributed by atoms with Crippen molar-refractivity contribution in [3.05, 3.63) is 33.3 Å². The summed E-state index contributed by atoms with van der Waals surface area (Å²) in [5.74, 6) is 0.670. The SMILES string of the molecule is CCn1ncc(Nc2ccn(C)n2)c(Br)c1=O. The van der Waals surface area contributed by atoms with Crippen LogP contribution in [0, 0.1) is 0 Å². The Bertz CT molecular complexity index is 589. The summed E-state index contributed by atoms with van der Waals surface area (Å²) in [6.45, 7) is 2.41. The fraction of sp³-hybridized carbons (Fsp3) is 0.300. The van der Waals surface area contributed by atoms with Crippen LogP contribution in [0.15, 0.2) is 27.7 Å². The van der Waals surface area contributed by atoms with Crippen LogP contribution >= 0.6 is 15.9 Å². The first-order chi connectivity index (χ1) is 8.11. The van der Waals surface area contributed by atoms with E-state index in [1.165, 1.54) is 4.68 Å². The quantitative estimate of drug-likeness (QED) is 0.932. The molecule has 2 rings (SSSR count). The number of nitrogens with one attached hydrogen (secondary N) is 1. The molecule has 0 radical (unpaired) electrons. The standard InChI is InChI=1S/C10H12BrN5O/c1-3-16-10(17)9(11)7(6-12-16)13-8-4-5-15(2)14-8/h4-6H,3H2,1-2H3,(H,13,14). The fourth-order valence-electron chi connectivity index (χ4n) is 1.40. The van der Waals surface area contributed by atoms with Gasteiger partial charge < -0.3 is 5.32 Å². The summed E-state index contributed by atoms with van der Waals surface area (Å²) in [6.07, 6.45) is 3.42. The van der Waals surface area contributed by atoms with Crippen LogP contribution in [-0.4, -0.2) is 19.6 Å². The Morgan fingerprint density at radius 2 is 2.29 bits per heavy atom. The molecule has 6 nitrogen and oxygen atoms in total. The number of aryl methyl sites for hydroxylation is 2. The molecule has 17 heavy (non-hydrogen) atoms. The van der Waals surface area contributed by atoms with Crippen LogP contribution in [0.3, 0.4) is 0 Å². The molecular formula is C10H12BrN5O. The van der Waals surface area contributed by atoms with E-state index in [2.05, 4.69) is 31.4 Å². The summed E-state index contributed by atoms with van der Waals surface area (Å²) in [4.78, 5) is 11.8. The Labute approximate surface area is 106 Å². The minimum atomic E-state index is -0.159. The number of anilines is 2. The molecule has 0 spiro atoms. The van der Waals surface area contributed by atoms with Gasteiger partial charge in [-0.2, -0.15) is 10.2 Å². The number of hydrogen-bond acceptors (Lipinski definition) is 4. The molecule has 0 bridgehead atoms. The minimum Gasteiger partial charge on any atom is -0.336 e. The monoisotopic (exact) mass is 297 g/mol. The number of halogens is 1. The normalized spacial score (nSPS) is 10.5. The zero-order valence-electron chi connectivity index (χ0n) is 9.51. The smallest absolute Gasteiger partial charge is 0.283 e. The van der Waals surface area contributed by atoms with Gasteiger partial charge in [-0.1, -0.05) is 0 Å². The van der Waals surface area contributed by atoms with E-state index in [0.717, 1.165) is 0 Å². The highest BCUT2D eigenvalue weighted by molar-refractivity contribution is 9.10. The molecule has 0 saturated heterocycles. The lowest BCUT2D eigenvalue weighted by Crippen LogP contribution is -2.23. The zero-order valence-corrected chi connectivity index (χ0v) is 11.1. The molecule has 2 aromatic rings. The average Bonchev–Trinajstić information content (AvgIpc) is 2.71. The predicted octanol–water partition coefficient (Wildman–Crippen LogP) is 1.50. The highest BCUT2D eigenvalue weighted by Gasteiger charge is 2.08. The van der Waals surface area contributed by atoms with E-state index < -0.39 is 0 Å². The molecule has 0 amide bonds. The average molecular weight is 298 g/mol. The third-order valence-corrected chi connectivity index (χ3v) is 3.03. The molecule has 0 aromatic carbocycles. The molecule has 90 valence electrons. The summed E-state index contributed by atoms with van der Waals surface area (Å²) in [5.41, 5.74) is 0.451. The van der Waals surface area contributed by atoms with Crippen LogP contribution in [-0.2, 0) is 13.6 Å². The van der Waals surface area contributed by atoms with Gasteiger partial charge in [0.15, 0.2) is 5.82 Å². The molecule has 0 aliphatic carbocycles. The van der Waals surface area contributed by atoms with Gasteiger partial charge in [0.25, 0.3) is 5.56 Å². The van der Waals surface area contributed by atoms with Crippen molar-refractivity contribution < 1.29 is 0 Å². The van der Waals surface area contributed by atoms with Gasteiger partial charge in [-0.25, -0.2) is 4.68 Å². The Morgan fingerprint density at radius 1 is 1.53 bits per heavy atom. The van der Waals surface area contributed by atoms with Crippen LogP contribution < -0.4 is 10.9 Å². The second-order valence-corrected chi connectivity index (χ2v) is 4.29. The fourth-order valence-corrected chi connectivity index (χ4v) is 1.80. The third kappa shape index (κ3) is 2.38. The third-order valence-electron chi connectivity index (χ3n) is 2.26. The van der Waals surface area contributed by atoms with E-state index in [9.17, 15) is 4.79 Å². The molecule has 0 saturated carbocycles. The summed E-state index contributed by atoms with van der Waals surface area (Å²) < 4.78 is 3.52. The van der Waals surface area contributed by atoms with E-state index in [4.69, 9.17) is 0 Å².